The fraction of sp³-hybridized carbons (Fsp3) is 0.345. The molecule has 3 aromatic rings. The number of likely N-dealkylation sites (N-methyl/N-ethyl adjacent to an activating group) is 1. The number of hydrogen-bond donors (Lipinski definition) is 2. The molecule has 0 saturated carbocycles. The summed E-state index contributed by atoms with van der Waals surface area (Å²) in [6, 6.07) is 19.5. The van der Waals surface area contributed by atoms with Gasteiger partial charge < -0.3 is 15.1 Å². The van der Waals surface area contributed by atoms with E-state index in [1.807, 2.05) is 24.3 Å². The Bertz CT molecular complexity index is 1400. The number of benzene rings is 3. The van der Waals surface area contributed by atoms with Crippen LogP contribution in [0, 0.1) is 0 Å². The Morgan fingerprint density at radius 1 is 1.00 bits per heavy atom. The predicted octanol–water partition coefficient (Wildman–Crippen LogP) is 5.09. The topological polar surface area (TPSA) is 81.8 Å². The van der Waals surface area contributed by atoms with Crippen molar-refractivity contribution in [3.8, 4) is 0 Å². The SMILES string of the molecule is CCN1CCN(c2ccc(NC(=O)c3ccc(Cl)cc3)cc2S(=O)(=O)NC2CCCc3ccccc32)CC1. The zero-order chi connectivity index (χ0) is 26.7. The number of fused-ring (bicyclic) bond motifs is 1. The van der Waals surface area contributed by atoms with Crippen molar-refractivity contribution in [2.45, 2.75) is 37.1 Å². The first kappa shape index (κ1) is 26.7. The van der Waals surface area contributed by atoms with E-state index < -0.39 is 10.0 Å². The molecule has 1 heterocycles. The Morgan fingerprint density at radius 3 is 2.47 bits per heavy atom. The largest absolute Gasteiger partial charge is 0.368 e. The number of piperazine rings is 1. The Hall–Kier alpha value is -2.91. The molecule has 1 fully saturated rings. The third kappa shape index (κ3) is 5.89. The summed E-state index contributed by atoms with van der Waals surface area (Å²) in [7, 11) is -3.90. The highest BCUT2D eigenvalue weighted by atomic mass is 35.5. The van der Waals surface area contributed by atoms with Gasteiger partial charge in [0.15, 0.2) is 0 Å². The van der Waals surface area contributed by atoms with Gasteiger partial charge in [-0.2, -0.15) is 0 Å². The van der Waals surface area contributed by atoms with Gasteiger partial charge in [-0.15, -0.1) is 0 Å². The standard InChI is InChI=1S/C29H33ClN4O3S/c1-2-33-16-18-34(19-17-33)27-15-14-24(31-29(35)22-10-12-23(30)13-11-22)20-28(27)38(36,37)32-26-9-5-7-21-6-3-4-8-25(21)26/h3-4,6,8,10-15,20,26,32H,2,5,7,9,16-19H2,1H3,(H,31,35). The molecule has 1 unspecified atom stereocenters. The minimum absolute atomic E-state index is 0.180. The van der Waals surface area contributed by atoms with Crippen molar-refractivity contribution < 1.29 is 13.2 Å². The second kappa shape index (κ2) is 11.5. The van der Waals surface area contributed by atoms with Crippen molar-refractivity contribution in [2.75, 3.05) is 42.9 Å². The molecule has 7 nitrogen and oxygen atoms in total. The molecule has 1 atom stereocenters. The molecule has 1 aliphatic heterocycles. The second-order valence-electron chi connectivity index (χ2n) is 9.83. The van der Waals surface area contributed by atoms with Gasteiger partial charge in [0.05, 0.1) is 5.69 Å². The molecular formula is C29H33ClN4O3S. The molecule has 0 radical (unpaired) electrons. The zero-order valence-corrected chi connectivity index (χ0v) is 23.1. The number of halogens is 1. The van der Waals surface area contributed by atoms with Crippen molar-refractivity contribution in [1.82, 2.24) is 9.62 Å². The van der Waals surface area contributed by atoms with Crippen LogP contribution in [0.4, 0.5) is 11.4 Å². The minimum Gasteiger partial charge on any atom is -0.368 e. The molecule has 38 heavy (non-hydrogen) atoms. The van der Waals surface area contributed by atoms with Gasteiger partial charge in [-0.05, 0) is 79.4 Å². The lowest BCUT2D eigenvalue weighted by Gasteiger charge is -2.36. The molecule has 3 aromatic carbocycles. The summed E-state index contributed by atoms with van der Waals surface area (Å²) in [5.74, 6) is -0.330. The van der Waals surface area contributed by atoms with Gasteiger partial charge in [-0.3, -0.25) is 4.79 Å². The maximum Gasteiger partial charge on any atom is 0.255 e. The lowest BCUT2D eigenvalue weighted by molar-refractivity contribution is 0.102. The van der Waals surface area contributed by atoms with Gasteiger partial charge in [0, 0.05) is 48.5 Å². The molecule has 5 rings (SSSR count). The summed E-state index contributed by atoms with van der Waals surface area (Å²) in [5, 5.41) is 3.39. The average Bonchev–Trinajstić information content (AvgIpc) is 2.93. The van der Waals surface area contributed by atoms with Crippen LogP contribution in [0.25, 0.3) is 0 Å². The molecule has 2 aliphatic rings. The fourth-order valence-electron chi connectivity index (χ4n) is 5.31. The number of nitrogens with zero attached hydrogens (tertiary/aromatic N) is 2. The number of aryl methyl sites for hydroxylation is 1. The molecule has 9 heteroatoms. The lowest BCUT2D eigenvalue weighted by atomic mass is 9.88. The maximum atomic E-state index is 14.0. The van der Waals surface area contributed by atoms with Crippen LogP contribution in [-0.2, 0) is 16.4 Å². The number of hydrogen-bond acceptors (Lipinski definition) is 5. The van der Waals surface area contributed by atoms with Crippen molar-refractivity contribution in [1.29, 1.82) is 0 Å². The van der Waals surface area contributed by atoms with Gasteiger partial charge >= 0.3 is 0 Å². The van der Waals surface area contributed by atoms with Gasteiger partial charge in [0.25, 0.3) is 5.91 Å². The number of anilines is 2. The molecule has 1 aliphatic carbocycles. The monoisotopic (exact) mass is 552 g/mol. The third-order valence-electron chi connectivity index (χ3n) is 7.44. The Kier molecular flexibility index (Phi) is 8.04. The van der Waals surface area contributed by atoms with Crippen LogP contribution in [0.5, 0.6) is 0 Å². The van der Waals surface area contributed by atoms with Crippen LogP contribution >= 0.6 is 11.6 Å². The number of amides is 1. The summed E-state index contributed by atoms with van der Waals surface area (Å²) in [6.45, 7) is 6.31. The highest BCUT2D eigenvalue weighted by molar-refractivity contribution is 7.89. The molecule has 2 N–H and O–H groups in total. The van der Waals surface area contributed by atoms with E-state index in [1.54, 1.807) is 36.4 Å². The van der Waals surface area contributed by atoms with E-state index >= 15 is 0 Å². The van der Waals surface area contributed by atoms with E-state index in [1.165, 1.54) is 5.56 Å². The summed E-state index contributed by atoms with van der Waals surface area (Å²) >= 11 is 5.96. The summed E-state index contributed by atoms with van der Waals surface area (Å²) in [4.78, 5) is 17.5. The highest BCUT2D eigenvalue weighted by Gasteiger charge is 2.30. The molecule has 0 aromatic heterocycles. The smallest absolute Gasteiger partial charge is 0.255 e. The first-order valence-corrected chi connectivity index (χ1v) is 15.0. The third-order valence-corrected chi connectivity index (χ3v) is 9.19. The molecule has 1 amide bonds. The van der Waals surface area contributed by atoms with E-state index in [-0.39, 0.29) is 16.8 Å². The zero-order valence-electron chi connectivity index (χ0n) is 21.5. The minimum atomic E-state index is -3.90. The van der Waals surface area contributed by atoms with Crippen LogP contribution in [0.15, 0.2) is 71.6 Å². The van der Waals surface area contributed by atoms with E-state index in [9.17, 15) is 13.2 Å². The molecular weight excluding hydrogens is 520 g/mol. The molecule has 0 spiro atoms. The number of rotatable bonds is 7. The fourth-order valence-corrected chi connectivity index (χ4v) is 6.93. The summed E-state index contributed by atoms with van der Waals surface area (Å²) in [5.41, 5.74) is 3.74. The Balaban J connectivity index is 1.47. The van der Waals surface area contributed by atoms with E-state index in [2.05, 4.69) is 32.8 Å². The normalized spacial score (nSPS) is 18.2. The first-order valence-electron chi connectivity index (χ1n) is 13.1. The number of nitrogens with one attached hydrogen (secondary N) is 2. The number of carbonyl (C=O) groups excluding carboxylic acids is 1. The highest BCUT2D eigenvalue weighted by Crippen LogP contribution is 2.34. The van der Waals surface area contributed by atoms with Gasteiger partial charge in [0.1, 0.15) is 4.90 Å². The quantitative estimate of drug-likeness (QED) is 0.427. The maximum absolute atomic E-state index is 14.0. The van der Waals surface area contributed by atoms with Gasteiger partial charge in [0.2, 0.25) is 10.0 Å². The Labute approximate surface area is 229 Å². The second-order valence-corrected chi connectivity index (χ2v) is 11.9. The van der Waals surface area contributed by atoms with Crippen molar-refractivity contribution >= 4 is 38.9 Å². The predicted molar refractivity (Wildman–Crippen MR) is 153 cm³/mol. The van der Waals surface area contributed by atoms with Crippen molar-refractivity contribution in [3.63, 3.8) is 0 Å². The summed E-state index contributed by atoms with van der Waals surface area (Å²) < 4.78 is 30.9. The molecule has 0 bridgehead atoms. The van der Waals surface area contributed by atoms with Gasteiger partial charge in [-0.1, -0.05) is 42.8 Å². The lowest BCUT2D eigenvalue weighted by Crippen LogP contribution is -2.46. The van der Waals surface area contributed by atoms with Crippen LogP contribution in [-0.4, -0.2) is 51.9 Å². The van der Waals surface area contributed by atoms with Crippen LogP contribution < -0.4 is 14.9 Å². The number of sulfonamides is 1. The number of carbonyl (C=O) groups is 1. The van der Waals surface area contributed by atoms with Gasteiger partial charge in [-0.25, -0.2) is 13.1 Å². The summed E-state index contributed by atoms with van der Waals surface area (Å²) in [6.07, 6.45) is 2.62. The van der Waals surface area contributed by atoms with Crippen LogP contribution in [0.3, 0.4) is 0 Å². The first-order chi connectivity index (χ1) is 18.3. The van der Waals surface area contributed by atoms with E-state index in [4.69, 9.17) is 11.6 Å². The van der Waals surface area contributed by atoms with Crippen molar-refractivity contribution in [2.24, 2.45) is 0 Å². The van der Waals surface area contributed by atoms with Crippen LogP contribution in [0.1, 0.15) is 47.3 Å². The Morgan fingerprint density at radius 2 is 1.74 bits per heavy atom. The average molecular weight is 553 g/mol. The van der Waals surface area contributed by atoms with Crippen LogP contribution in [0.2, 0.25) is 5.02 Å². The van der Waals surface area contributed by atoms with E-state index in [0.29, 0.717) is 22.0 Å². The molecule has 200 valence electrons. The molecule has 1 saturated heterocycles. The van der Waals surface area contributed by atoms with E-state index in [0.717, 1.165) is 57.5 Å². The van der Waals surface area contributed by atoms with Crippen molar-refractivity contribution in [3.05, 3.63) is 88.4 Å².